The van der Waals surface area contributed by atoms with Gasteiger partial charge in [0.15, 0.2) is 12.0 Å². The van der Waals surface area contributed by atoms with Gasteiger partial charge in [0.2, 0.25) is 11.8 Å². The lowest BCUT2D eigenvalue weighted by Gasteiger charge is -2.17. The third-order valence-corrected chi connectivity index (χ3v) is 5.99. The van der Waals surface area contributed by atoms with Crippen LogP contribution >= 0.6 is 0 Å². The van der Waals surface area contributed by atoms with Crippen LogP contribution in [-0.2, 0) is 24.0 Å². The fourth-order valence-electron chi connectivity index (χ4n) is 3.86. The molecule has 0 saturated heterocycles. The van der Waals surface area contributed by atoms with Gasteiger partial charge >= 0.3 is 17.9 Å². The summed E-state index contributed by atoms with van der Waals surface area (Å²) in [6.45, 7) is 2.17. The number of carboxylic acids is 3. The first-order valence-electron chi connectivity index (χ1n) is 13.3. The number of aliphatic imine (C=N–C) groups is 1. The first-order chi connectivity index (χ1) is 18.0. The van der Waals surface area contributed by atoms with Crippen molar-refractivity contribution in [1.82, 2.24) is 10.6 Å². The summed E-state index contributed by atoms with van der Waals surface area (Å²) in [6.07, 6.45) is 9.44. The fraction of sp³-hybridized carbons (Fsp3) is 0.760. The van der Waals surface area contributed by atoms with Gasteiger partial charge in [-0.05, 0) is 32.1 Å². The quantitative estimate of drug-likeness (QED) is 0.0559. The minimum Gasteiger partial charge on any atom is -0.480 e. The SMILES string of the molecule is CCCCCCCCCCCC(=O)N[C@H](CCC(=O)NC(CCCC(N=C(N)N)C(=O)O)C(=O)O)C(=O)O. The van der Waals surface area contributed by atoms with Crippen LogP contribution in [0.1, 0.15) is 103 Å². The van der Waals surface area contributed by atoms with Crippen molar-refractivity contribution in [3.05, 3.63) is 0 Å². The molecule has 0 aliphatic carbocycles. The Labute approximate surface area is 223 Å². The van der Waals surface area contributed by atoms with Gasteiger partial charge in [0.1, 0.15) is 12.1 Å². The number of nitrogens with one attached hydrogen (secondary N) is 2. The van der Waals surface area contributed by atoms with Crippen LogP contribution in [0.3, 0.4) is 0 Å². The zero-order valence-corrected chi connectivity index (χ0v) is 22.3. The minimum atomic E-state index is -1.32. The molecule has 9 N–H and O–H groups in total. The van der Waals surface area contributed by atoms with Crippen LogP contribution in [0.5, 0.6) is 0 Å². The third kappa shape index (κ3) is 18.0. The van der Waals surface area contributed by atoms with Crippen molar-refractivity contribution in [3.63, 3.8) is 0 Å². The van der Waals surface area contributed by atoms with Crippen molar-refractivity contribution in [3.8, 4) is 0 Å². The predicted octanol–water partition coefficient (Wildman–Crippen LogP) is 1.72. The smallest absolute Gasteiger partial charge is 0.328 e. The molecule has 0 heterocycles. The van der Waals surface area contributed by atoms with Crippen molar-refractivity contribution in [1.29, 1.82) is 0 Å². The van der Waals surface area contributed by atoms with Gasteiger partial charge in [-0.2, -0.15) is 0 Å². The number of unbranched alkanes of at least 4 members (excludes halogenated alkanes) is 8. The van der Waals surface area contributed by atoms with E-state index in [1.165, 1.54) is 32.1 Å². The van der Waals surface area contributed by atoms with Crippen molar-refractivity contribution in [2.24, 2.45) is 16.5 Å². The van der Waals surface area contributed by atoms with Gasteiger partial charge in [-0.25, -0.2) is 19.4 Å². The lowest BCUT2D eigenvalue weighted by molar-refractivity contribution is -0.143. The fourth-order valence-corrected chi connectivity index (χ4v) is 3.86. The van der Waals surface area contributed by atoms with Gasteiger partial charge in [0, 0.05) is 12.8 Å². The van der Waals surface area contributed by atoms with Crippen LogP contribution in [-0.4, -0.2) is 69.1 Å². The highest BCUT2D eigenvalue weighted by atomic mass is 16.4. The van der Waals surface area contributed by atoms with Crippen molar-refractivity contribution in [2.75, 3.05) is 0 Å². The Hall–Kier alpha value is -3.38. The maximum absolute atomic E-state index is 12.2. The summed E-state index contributed by atoms with van der Waals surface area (Å²) in [5, 5.41) is 32.6. The van der Waals surface area contributed by atoms with Crippen LogP contribution in [0.4, 0.5) is 0 Å². The Morgan fingerprint density at radius 1 is 0.632 bits per heavy atom. The van der Waals surface area contributed by atoms with Crippen LogP contribution in [0, 0.1) is 0 Å². The van der Waals surface area contributed by atoms with Gasteiger partial charge < -0.3 is 37.4 Å². The molecule has 0 bridgehead atoms. The summed E-state index contributed by atoms with van der Waals surface area (Å²) < 4.78 is 0. The molecule has 3 atom stereocenters. The Bertz CT molecular complexity index is 786. The molecule has 13 nitrogen and oxygen atoms in total. The summed E-state index contributed by atoms with van der Waals surface area (Å²) in [5.41, 5.74) is 10.4. The zero-order chi connectivity index (χ0) is 28.9. The number of nitrogens with zero attached hydrogens (tertiary/aromatic N) is 1. The average molecular weight is 544 g/mol. The molecule has 0 aromatic rings. The normalized spacial score (nSPS) is 13.1. The Balaban J connectivity index is 4.44. The summed E-state index contributed by atoms with van der Waals surface area (Å²) >= 11 is 0. The Kier molecular flexibility index (Phi) is 18.8. The molecule has 0 saturated carbocycles. The molecule has 2 unspecified atom stereocenters. The topological polar surface area (TPSA) is 234 Å². The lowest BCUT2D eigenvalue weighted by atomic mass is 10.0. The van der Waals surface area contributed by atoms with Gasteiger partial charge in [0.25, 0.3) is 0 Å². The van der Waals surface area contributed by atoms with E-state index in [0.717, 1.165) is 19.3 Å². The number of nitrogens with two attached hydrogens (primary N) is 2. The van der Waals surface area contributed by atoms with Crippen LogP contribution in [0.2, 0.25) is 0 Å². The number of amides is 2. The molecule has 0 aromatic carbocycles. The molecule has 0 aliphatic rings. The van der Waals surface area contributed by atoms with Crippen LogP contribution < -0.4 is 22.1 Å². The number of carboxylic acid groups (broad SMARTS) is 3. The number of hydrogen-bond acceptors (Lipinski definition) is 6. The first-order valence-corrected chi connectivity index (χ1v) is 13.3. The molecule has 0 aliphatic heterocycles. The Morgan fingerprint density at radius 3 is 1.58 bits per heavy atom. The molecule has 0 fully saturated rings. The maximum Gasteiger partial charge on any atom is 0.328 e. The lowest BCUT2D eigenvalue weighted by Crippen LogP contribution is -2.44. The second-order valence-corrected chi connectivity index (χ2v) is 9.37. The van der Waals surface area contributed by atoms with Gasteiger partial charge in [-0.15, -0.1) is 0 Å². The maximum atomic E-state index is 12.2. The number of hydrogen-bond donors (Lipinski definition) is 7. The van der Waals surface area contributed by atoms with Crippen molar-refractivity contribution < 1.29 is 39.3 Å². The van der Waals surface area contributed by atoms with Crippen molar-refractivity contribution >= 4 is 35.7 Å². The molecule has 0 aromatic heterocycles. The molecule has 0 radical (unpaired) electrons. The van der Waals surface area contributed by atoms with E-state index in [4.69, 9.17) is 16.6 Å². The summed E-state index contributed by atoms with van der Waals surface area (Å²) in [6, 6.07) is -3.81. The van der Waals surface area contributed by atoms with E-state index in [2.05, 4.69) is 22.5 Å². The van der Waals surface area contributed by atoms with Crippen molar-refractivity contribution in [2.45, 2.75) is 121 Å². The number of carbonyl (C=O) groups is 5. The second-order valence-electron chi connectivity index (χ2n) is 9.37. The number of rotatable bonds is 23. The molecule has 0 spiro atoms. The summed E-state index contributed by atoms with van der Waals surface area (Å²) in [7, 11) is 0. The zero-order valence-electron chi connectivity index (χ0n) is 22.3. The number of guanidine groups is 1. The van der Waals surface area contributed by atoms with E-state index in [-0.39, 0.29) is 38.5 Å². The molecular weight excluding hydrogens is 498 g/mol. The van der Waals surface area contributed by atoms with E-state index in [0.29, 0.717) is 6.42 Å². The third-order valence-electron chi connectivity index (χ3n) is 5.99. The highest BCUT2D eigenvalue weighted by Crippen LogP contribution is 2.11. The summed E-state index contributed by atoms with van der Waals surface area (Å²) in [5.74, 6) is -5.39. The molecule has 38 heavy (non-hydrogen) atoms. The largest absolute Gasteiger partial charge is 0.480 e. The van der Waals surface area contributed by atoms with E-state index < -0.39 is 53.8 Å². The van der Waals surface area contributed by atoms with Gasteiger partial charge in [0.05, 0.1) is 0 Å². The van der Waals surface area contributed by atoms with Gasteiger partial charge in [-0.1, -0.05) is 58.3 Å². The molecule has 0 rings (SSSR count). The first kappa shape index (κ1) is 34.6. The van der Waals surface area contributed by atoms with Crippen LogP contribution in [0.25, 0.3) is 0 Å². The van der Waals surface area contributed by atoms with E-state index >= 15 is 0 Å². The number of aliphatic carboxylic acids is 3. The van der Waals surface area contributed by atoms with Gasteiger partial charge in [-0.3, -0.25) is 9.59 Å². The standard InChI is InChI=1S/C25H45N5O8/c1-2-3-4-5-6-7-8-9-10-14-20(31)29-19(24(37)38)15-16-21(32)28-17(22(33)34)12-11-13-18(23(35)36)30-25(26)27/h17-19H,2-16H2,1H3,(H,28,32)(H,29,31)(H,33,34)(H,35,36)(H,37,38)(H4,26,27,30)/t17?,18?,19-/m1/s1. The molecule has 13 heteroatoms. The van der Waals surface area contributed by atoms with E-state index in [1.807, 2.05) is 0 Å². The number of carbonyl (C=O) groups excluding carboxylic acids is 2. The highest BCUT2D eigenvalue weighted by molar-refractivity contribution is 5.86. The molecule has 2 amide bonds. The second kappa shape index (κ2) is 20.7. The summed E-state index contributed by atoms with van der Waals surface area (Å²) in [4.78, 5) is 62.1. The van der Waals surface area contributed by atoms with E-state index in [9.17, 15) is 34.2 Å². The molecular formula is C25H45N5O8. The highest BCUT2D eigenvalue weighted by Gasteiger charge is 2.25. The average Bonchev–Trinajstić information content (AvgIpc) is 2.83. The minimum absolute atomic E-state index is 0.0427. The molecule has 218 valence electrons. The van der Waals surface area contributed by atoms with E-state index in [1.54, 1.807) is 0 Å². The Morgan fingerprint density at radius 2 is 1.11 bits per heavy atom. The van der Waals surface area contributed by atoms with Crippen LogP contribution in [0.15, 0.2) is 4.99 Å². The predicted molar refractivity (Wildman–Crippen MR) is 141 cm³/mol. The monoisotopic (exact) mass is 543 g/mol.